The first-order chi connectivity index (χ1) is 13.1. The van der Waals surface area contributed by atoms with Gasteiger partial charge in [0, 0.05) is 15.6 Å². The van der Waals surface area contributed by atoms with Crippen LogP contribution < -0.4 is 0 Å². The molecule has 1 aromatic heterocycles. The summed E-state index contributed by atoms with van der Waals surface area (Å²) in [4.78, 5) is 17.1. The van der Waals surface area contributed by atoms with Crippen LogP contribution in [0.25, 0.3) is 0 Å². The predicted molar refractivity (Wildman–Crippen MR) is 99.7 cm³/mol. The van der Waals surface area contributed by atoms with Gasteiger partial charge in [-0.25, -0.2) is 4.79 Å². The third-order valence-corrected chi connectivity index (χ3v) is 6.69. The van der Waals surface area contributed by atoms with E-state index >= 15 is 0 Å². The number of carbonyl (C=O) groups is 1. The van der Waals surface area contributed by atoms with Crippen molar-refractivity contribution in [1.82, 2.24) is 0 Å². The van der Waals surface area contributed by atoms with Crippen LogP contribution in [0.1, 0.15) is 44.1 Å². The highest BCUT2D eigenvalue weighted by Crippen LogP contribution is 2.51. The molecule has 0 spiro atoms. The van der Waals surface area contributed by atoms with Gasteiger partial charge in [0.25, 0.3) is 5.60 Å². The molecule has 1 aliphatic heterocycles. The van der Waals surface area contributed by atoms with Crippen LogP contribution in [0.4, 0.5) is 13.2 Å². The second kappa shape index (κ2) is 6.64. The molecule has 2 aliphatic rings. The number of thiophene rings is 1. The Balaban J connectivity index is 1.79. The van der Waals surface area contributed by atoms with Gasteiger partial charge in [-0.3, -0.25) is 0 Å². The highest BCUT2D eigenvalue weighted by molar-refractivity contribution is 7.16. The van der Waals surface area contributed by atoms with Crippen LogP contribution in [0, 0.1) is 0 Å². The van der Waals surface area contributed by atoms with E-state index in [1.54, 1.807) is 0 Å². The number of fused-ring (bicyclic) bond motifs is 1. The van der Waals surface area contributed by atoms with Crippen molar-refractivity contribution in [1.29, 1.82) is 0 Å². The lowest BCUT2D eigenvalue weighted by atomic mass is 9.87. The molecule has 2 aromatic rings. The van der Waals surface area contributed by atoms with Crippen LogP contribution in [-0.4, -0.2) is 23.0 Å². The largest absolute Gasteiger partial charge is 0.477 e. The van der Waals surface area contributed by atoms with E-state index in [-0.39, 0.29) is 26.2 Å². The normalized spacial score (nSPS) is 21.4. The molecule has 4 rings (SSSR count). The summed E-state index contributed by atoms with van der Waals surface area (Å²) in [6.07, 6.45) is -3.42. The van der Waals surface area contributed by atoms with Gasteiger partial charge in [-0.15, -0.1) is 11.3 Å². The van der Waals surface area contributed by atoms with Gasteiger partial charge in [0.1, 0.15) is 10.6 Å². The summed E-state index contributed by atoms with van der Waals surface area (Å²) in [5, 5.41) is 13.2. The standard InChI is InChI=1S/C18H12Cl2F3NO3S/c19-9-4-8(5-10(20)6-9)17(18(21,22)23)7-13(24-27-17)14-11-2-1-3-12(11)15(28-14)16(25)26/h4-6H,1-3,7H2,(H,25,26). The number of benzene rings is 1. The van der Waals surface area contributed by atoms with Gasteiger partial charge >= 0.3 is 12.1 Å². The molecule has 0 saturated heterocycles. The smallest absolute Gasteiger partial charge is 0.435 e. The van der Waals surface area contributed by atoms with Crippen molar-refractivity contribution in [2.45, 2.75) is 37.5 Å². The Morgan fingerprint density at radius 1 is 1.18 bits per heavy atom. The molecule has 0 radical (unpaired) electrons. The number of aromatic carboxylic acids is 1. The Hall–Kier alpha value is -1.77. The lowest BCUT2D eigenvalue weighted by Gasteiger charge is -2.29. The maximum absolute atomic E-state index is 14.1. The molecular weight excluding hydrogens is 438 g/mol. The summed E-state index contributed by atoms with van der Waals surface area (Å²) in [7, 11) is 0. The maximum atomic E-state index is 14.1. The number of halogens is 5. The first kappa shape index (κ1) is 19.5. The predicted octanol–water partition coefficient (Wildman–Crippen LogP) is 5.82. The minimum Gasteiger partial charge on any atom is -0.477 e. The van der Waals surface area contributed by atoms with Gasteiger partial charge in [-0.1, -0.05) is 28.4 Å². The lowest BCUT2D eigenvalue weighted by Crippen LogP contribution is -2.42. The SMILES string of the molecule is O=C(O)c1sc(C2=NOC(c3cc(Cl)cc(Cl)c3)(C(F)(F)F)C2)c2c1CCC2. The summed E-state index contributed by atoms with van der Waals surface area (Å²) >= 11 is 12.8. The number of carboxylic acid groups (broad SMARTS) is 1. The molecule has 1 unspecified atom stereocenters. The second-order valence-electron chi connectivity index (χ2n) is 6.67. The summed E-state index contributed by atoms with van der Waals surface area (Å²) in [6.45, 7) is 0. The molecule has 1 atom stereocenters. The van der Waals surface area contributed by atoms with Gasteiger partial charge in [-0.2, -0.15) is 13.2 Å². The first-order valence-electron chi connectivity index (χ1n) is 8.29. The summed E-state index contributed by atoms with van der Waals surface area (Å²) in [5.41, 5.74) is -1.44. The fraction of sp³-hybridized carbons (Fsp3) is 0.333. The lowest BCUT2D eigenvalue weighted by molar-refractivity contribution is -0.275. The van der Waals surface area contributed by atoms with Crippen molar-refractivity contribution in [2.24, 2.45) is 5.16 Å². The molecule has 1 N–H and O–H groups in total. The molecule has 2 heterocycles. The van der Waals surface area contributed by atoms with E-state index in [1.165, 1.54) is 6.07 Å². The summed E-state index contributed by atoms with van der Waals surface area (Å²) in [6, 6.07) is 3.64. The Kier molecular flexibility index (Phi) is 4.63. The first-order valence-corrected chi connectivity index (χ1v) is 9.86. The zero-order chi connectivity index (χ0) is 20.3. The topological polar surface area (TPSA) is 58.9 Å². The highest BCUT2D eigenvalue weighted by atomic mass is 35.5. The number of hydrogen-bond donors (Lipinski definition) is 1. The van der Waals surface area contributed by atoms with E-state index in [0.717, 1.165) is 35.5 Å². The fourth-order valence-corrected chi connectivity index (χ4v) is 5.43. The quantitative estimate of drug-likeness (QED) is 0.641. The molecule has 1 aromatic carbocycles. The van der Waals surface area contributed by atoms with E-state index in [2.05, 4.69) is 5.16 Å². The van der Waals surface area contributed by atoms with E-state index in [0.29, 0.717) is 23.3 Å². The van der Waals surface area contributed by atoms with Gasteiger partial charge in [-0.05, 0) is 48.6 Å². The Morgan fingerprint density at radius 3 is 2.43 bits per heavy atom. The molecular formula is C18H12Cl2F3NO3S. The van der Waals surface area contributed by atoms with E-state index in [4.69, 9.17) is 28.0 Å². The third kappa shape index (κ3) is 2.98. The number of carboxylic acids is 1. The molecule has 1 aliphatic carbocycles. The van der Waals surface area contributed by atoms with Crippen molar-refractivity contribution in [3.05, 3.63) is 54.7 Å². The number of nitrogens with zero attached hydrogens (tertiary/aromatic N) is 1. The average molecular weight is 450 g/mol. The Bertz CT molecular complexity index is 998. The number of hydrogen-bond acceptors (Lipinski definition) is 4. The molecule has 0 amide bonds. The van der Waals surface area contributed by atoms with E-state index < -0.39 is 24.2 Å². The molecule has 10 heteroatoms. The van der Waals surface area contributed by atoms with Gasteiger partial charge in [0.05, 0.1) is 11.3 Å². The van der Waals surface area contributed by atoms with Gasteiger partial charge in [0.2, 0.25) is 0 Å². The minimum absolute atomic E-state index is 0.0494. The number of oxime groups is 1. The Morgan fingerprint density at radius 2 is 1.82 bits per heavy atom. The average Bonchev–Trinajstić information content (AvgIpc) is 3.27. The van der Waals surface area contributed by atoms with Crippen molar-refractivity contribution in [3.63, 3.8) is 0 Å². The zero-order valence-corrected chi connectivity index (χ0v) is 16.4. The Labute approximate surface area is 171 Å². The van der Waals surface area contributed by atoms with Gasteiger partial charge < -0.3 is 9.94 Å². The molecule has 0 fully saturated rings. The third-order valence-electron chi connectivity index (χ3n) is 4.94. The molecule has 4 nitrogen and oxygen atoms in total. The number of rotatable bonds is 3. The summed E-state index contributed by atoms with van der Waals surface area (Å²) < 4.78 is 42.3. The van der Waals surface area contributed by atoms with Crippen LogP contribution >= 0.6 is 34.5 Å². The second-order valence-corrected chi connectivity index (χ2v) is 8.56. The molecule has 0 saturated carbocycles. The van der Waals surface area contributed by atoms with Crippen LogP contribution in [0.2, 0.25) is 10.0 Å². The van der Waals surface area contributed by atoms with Crippen LogP contribution in [0.3, 0.4) is 0 Å². The molecule has 148 valence electrons. The van der Waals surface area contributed by atoms with Crippen LogP contribution in [0.15, 0.2) is 23.4 Å². The highest BCUT2D eigenvalue weighted by Gasteiger charge is 2.62. The van der Waals surface area contributed by atoms with E-state index in [1.807, 2.05) is 0 Å². The molecule has 28 heavy (non-hydrogen) atoms. The minimum atomic E-state index is -4.79. The van der Waals surface area contributed by atoms with Crippen molar-refractivity contribution in [2.75, 3.05) is 0 Å². The van der Waals surface area contributed by atoms with Crippen LogP contribution in [-0.2, 0) is 23.3 Å². The van der Waals surface area contributed by atoms with Gasteiger partial charge in [0.15, 0.2) is 0 Å². The maximum Gasteiger partial charge on any atom is 0.435 e. The zero-order valence-electron chi connectivity index (χ0n) is 14.1. The fourth-order valence-electron chi connectivity index (χ4n) is 3.69. The van der Waals surface area contributed by atoms with Crippen LogP contribution in [0.5, 0.6) is 0 Å². The van der Waals surface area contributed by atoms with Crippen molar-refractivity contribution < 1.29 is 27.9 Å². The summed E-state index contributed by atoms with van der Waals surface area (Å²) in [5.74, 6) is -1.09. The number of alkyl halides is 3. The van der Waals surface area contributed by atoms with E-state index in [9.17, 15) is 23.1 Å². The van der Waals surface area contributed by atoms with Crippen molar-refractivity contribution >= 4 is 46.2 Å². The van der Waals surface area contributed by atoms with Crippen molar-refractivity contribution in [3.8, 4) is 0 Å². The monoisotopic (exact) mass is 449 g/mol. The molecule has 0 bridgehead atoms.